The topological polar surface area (TPSA) is 78.8 Å². The van der Waals surface area contributed by atoms with Crippen LogP contribution in [-0.2, 0) is 0 Å². The summed E-state index contributed by atoms with van der Waals surface area (Å²) in [6.07, 6.45) is 1.61. The molecule has 2 bridgehead atoms. The molecule has 0 aliphatic carbocycles. The molecular weight excluding hydrogens is 351 g/mol. The van der Waals surface area contributed by atoms with Crippen molar-refractivity contribution in [1.82, 2.24) is 14.9 Å². The summed E-state index contributed by atoms with van der Waals surface area (Å²) in [7, 11) is 0. The number of carboxylic acid groups (broad SMARTS) is 1. The van der Waals surface area contributed by atoms with Gasteiger partial charge in [0.05, 0.1) is 29.7 Å². The highest BCUT2D eigenvalue weighted by Gasteiger charge is 2.52. The van der Waals surface area contributed by atoms with E-state index in [0.29, 0.717) is 29.0 Å². The number of aryl methyl sites for hydroxylation is 2. The Kier molecular flexibility index (Phi) is 3.33. The van der Waals surface area contributed by atoms with E-state index < -0.39 is 6.09 Å². The fraction of sp³-hybridized carbons (Fsp3) is 0.526. The molecule has 7 nitrogen and oxygen atoms in total. The maximum absolute atomic E-state index is 14.7. The maximum atomic E-state index is 14.7. The van der Waals surface area contributed by atoms with Gasteiger partial charge >= 0.3 is 6.09 Å². The van der Waals surface area contributed by atoms with Crippen molar-refractivity contribution in [3.8, 4) is 5.88 Å². The highest BCUT2D eigenvalue weighted by molar-refractivity contribution is 5.99. The Morgan fingerprint density at radius 2 is 2.11 bits per heavy atom. The van der Waals surface area contributed by atoms with Crippen molar-refractivity contribution in [2.45, 2.75) is 57.8 Å². The quantitative estimate of drug-likeness (QED) is 0.766. The summed E-state index contributed by atoms with van der Waals surface area (Å²) in [5.41, 5.74) is 1.53. The predicted molar refractivity (Wildman–Crippen MR) is 96.9 cm³/mol. The number of hydrogen-bond donors (Lipinski definition) is 1. The van der Waals surface area contributed by atoms with Gasteiger partial charge in [-0.3, -0.25) is 4.90 Å². The first-order valence-electron chi connectivity index (χ1n) is 9.28. The van der Waals surface area contributed by atoms with Crippen LogP contribution in [0.2, 0.25) is 0 Å². The number of fused-ring (bicyclic) bond motifs is 5. The third-order valence-corrected chi connectivity index (χ3v) is 6.39. The zero-order valence-electron chi connectivity index (χ0n) is 15.4. The summed E-state index contributed by atoms with van der Waals surface area (Å²) in [6, 6.07) is -0.443. The van der Waals surface area contributed by atoms with E-state index in [1.54, 1.807) is 4.90 Å². The first-order chi connectivity index (χ1) is 12.9. The lowest BCUT2D eigenvalue weighted by Crippen LogP contribution is -2.64. The minimum absolute atomic E-state index is 0.0857. The zero-order chi connectivity index (χ0) is 19.0. The number of hydrogen-bond acceptors (Lipinski definition) is 5. The van der Waals surface area contributed by atoms with E-state index in [1.807, 2.05) is 20.8 Å². The number of piperazine rings is 1. The third kappa shape index (κ3) is 2.09. The highest BCUT2D eigenvalue weighted by atomic mass is 19.1. The van der Waals surface area contributed by atoms with Gasteiger partial charge in [-0.05, 0) is 39.2 Å². The van der Waals surface area contributed by atoms with Crippen LogP contribution < -0.4 is 9.64 Å². The van der Waals surface area contributed by atoms with Gasteiger partial charge in [0.1, 0.15) is 17.7 Å². The minimum Gasteiger partial charge on any atom is -0.472 e. The molecule has 27 heavy (non-hydrogen) atoms. The molecule has 0 saturated carbocycles. The molecule has 3 aliphatic heterocycles. The first-order valence-corrected chi connectivity index (χ1v) is 9.28. The summed E-state index contributed by atoms with van der Waals surface area (Å²) < 4.78 is 20.8. The molecule has 4 unspecified atom stereocenters. The highest BCUT2D eigenvalue weighted by Crippen LogP contribution is 2.45. The van der Waals surface area contributed by atoms with Gasteiger partial charge in [0.15, 0.2) is 0 Å². The number of nitrogens with zero attached hydrogens (tertiary/aromatic N) is 4. The molecular formula is C19H21FN4O3. The van der Waals surface area contributed by atoms with Crippen molar-refractivity contribution in [2.75, 3.05) is 11.4 Å². The van der Waals surface area contributed by atoms with Crippen molar-refractivity contribution >= 4 is 22.7 Å². The molecule has 8 heteroatoms. The lowest BCUT2D eigenvalue weighted by molar-refractivity contribution is 0.0707. The van der Waals surface area contributed by atoms with E-state index in [0.717, 1.165) is 24.1 Å². The predicted octanol–water partition coefficient (Wildman–Crippen LogP) is 2.87. The van der Waals surface area contributed by atoms with E-state index in [9.17, 15) is 14.3 Å². The molecule has 4 atom stereocenters. The molecule has 2 fully saturated rings. The van der Waals surface area contributed by atoms with Crippen LogP contribution in [0.3, 0.4) is 0 Å². The molecule has 2 saturated heterocycles. The molecule has 0 spiro atoms. The van der Waals surface area contributed by atoms with Crippen LogP contribution in [0.25, 0.3) is 10.8 Å². The van der Waals surface area contributed by atoms with Gasteiger partial charge < -0.3 is 14.7 Å². The van der Waals surface area contributed by atoms with Gasteiger partial charge in [-0.15, -0.1) is 0 Å². The van der Waals surface area contributed by atoms with Gasteiger partial charge in [0.25, 0.3) is 0 Å². The monoisotopic (exact) mass is 372 g/mol. The summed E-state index contributed by atoms with van der Waals surface area (Å²) in [5, 5.41) is 10.8. The standard InChI is InChI=1S/C19H21FN4O3/c1-8-9(2)22-17-15-14(8)12(20)6-21-18(15)27-10(3)16-13-5-4-11(7-23(16)17)24(13)19(25)26/h6,10-11,13,16H,4-5,7H2,1-3H3,(H,25,26). The van der Waals surface area contributed by atoms with Gasteiger partial charge in [0.2, 0.25) is 5.88 Å². The van der Waals surface area contributed by atoms with Crippen molar-refractivity contribution in [1.29, 1.82) is 0 Å². The summed E-state index contributed by atoms with van der Waals surface area (Å²) >= 11 is 0. The second-order valence-electron chi connectivity index (χ2n) is 7.76. The molecule has 2 aromatic heterocycles. The van der Waals surface area contributed by atoms with Crippen LogP contribution in [0.5, 0.6) is 5.88 Å². The summed E-state index contributed by atoms with van der Waals surface area (Å²) in [6.45, 7) is 6.18. The SMILES string of the molecule is Cc1nc2c3c(ncc(F)c3c1C)OC(C)C1C3CCC(CN21)N3C(=O)O. The fourth-order valence-corrected chi connectivity index (χ4v) is 5.14. The van der Waals surface area contributed by atoms with Gasteiger partial charge in [-0.25, -0.2) is 19.2 Å². The van der Waals surface area contributed by atoms with Gasteiger partial charge in [0, 0.05) is 17.6 Å². The number of pyridine rings is 2. The van der Waals surface area contributed by atoms with Crippen molar-refractivity contribution in [3.05, 3.63) is 23.3 Å². The molecule has 1 amide bonds. The molecule has 142 valence electrons. The Labute approximate surface area is 155 Å². The molecule has 0 aromatic carbocycles. The van der Waals surface area contributed by atoms with Crippen LogP contribution >= 0.6 is 0 Å². The van der Waals surface area contributed by atoms with E-state index in [1.165, 1.54) is 6.20 Å². The number of ether oxygens (including phenoxy) is 1. The smallest absolute Gasteiger partial charge is 0.407 e. The lowest BCUT2D eigenvalue weighted by Gasteiger charge is -2.47. The van der Waals surface area contributed by atoms with E-state index in [-0.39, 0.29) is 30.0 Å². The van der Waals surface area contributed by atoms with Crippen molar-refractivity contribution < 1.29 is 19.0 Å². The second kappa shape index (κ2) is 5.43. The fourth-order valence-electron chi connectivity index (χ4n) is 5.14. The van der Waals surface area contributed by atoms with E-state index in [4.69, 9.17) is 9.72 Å². The Morgan fingerprint density at radius 1 is 1.33 bits per heavy atom. The number of carbonyl (C=O) groups is 1. The molecule has 5 rings (SSSR count). The normalized spacial score (nSPS) is 28.7. The molecule has 2 aromatic rings. The maximum Gasteiger partial charge on any atom is 0.407 e. The van der Waals surface area contributed by atoms with Crippen molar-refractivity contribution in [3.63, 3.8) is 0 Å². The molecule has 5 heterocycles. The number of halogens is 1. The summed E-state index contributed by atoms with van der Waals surface area (Å²) in [4.78, 5) is 24.5. The number of aromatic nitrogens is 2. The lowest BCUT2D eigenvalue weighted by atomic mass is 9.97. The average molecular weight is 372 g/mol. The molecule has 3 aliphatic rings. The zero-order valence-corrected chi connectivity index (χ0v) is 15.4. The Morgan fingerprint density at radius 3 is 2.85 bits per heavy atom. The third-order valence-electron chi connectivity index (χ3n) is 6.39. The van der Waals surface area contributed by atoms with E-state index >= 15 is 0 Å². The second-order valence-corrected chi connectivity index (χ2v) is 7.76. The van der Waals surface area contributed by atoms with Gasteiger partial charge in [-0.2, -0.15) is 0 Å². The first kappa shape index (κ1) is 16.5. The minimum atomic E-state index is -0.890. The van der Waals surface area contributed by atoms with Crippen LogP contribution in [0, 0.1) is 19.7 Å². The Hall–Kier alpha value is -2.64. The van der Waals surface area contributed by atoms with Crippen molar-refractivity contribution in [2.24, 2.45) is 0 Å². The number of rotatable bonds is 0. The Bertz CT molecular complexity index is 981. The van der Waals surface area contributed by atoms with Crippen LogP contribution in [0.15, 0.2) is 6.20 Å². The van der Waals surface area contributed by atoms with Crippen LogP contribution in [0.4, 0.5) is 15.0 Å². The van der Waals surface area contributed by atoms with Gasteiger partial charge in [-0.1, -0.05) is 0 Å². The largest absolute Gasteiger partial charge is 0.472 e. The summed E-state index contributed by atoms with van der Waals surface area (Å²) in [5.74, 6) is 0.642. The number of anilines is 1. The Balaban J connectivity index is 1.77. The van der Waals surface area contributed by atoms with Crippen LogP contribution in [0.1, 0.15) is 31.0 Å². The van der Waals surface area contributed by atoms with E-state index in [2.05, 4.69) is 9.88 Å². The molecule has 1 N–H and O–H groups in total. The number of amides is 1. The average Bonchev–Trinajstić information content (AvgIpc) is 2.87. The molecule has 0 radical (unpaired) electrons. The van der Waals surface area contributed by atoms with Crippen LogP contribution in [-0.4, -0.2) is 56.8 Å².